The summed E-state index contributed by atoms with van der Waals surface area (Å²) in [7, 11) is -3.79. The van der Waals surface area contributed by atoms with Gasteiger partial charge in [-0.25, -0.2) is 0 Å². The van der Waals surface area contributed by atoms with Gasteiger partial charge >= 0.3 is 5.97 Å². The molecule has 0 radical (unpaired) electrons. The number of carbonyl (C=O) groups is 1. The standard InChI is InChI=1S/C9H11O4P.CH2N2/c1-7(9(10)11)14(12,13)8-5-3-2-4-6-8;2-1-3/h2-7H,1H3,(H,10,11)(H,12,13);2H2. The molecule has 0 aliphatic heterocycles. The van der Waals surface area contributed by atoms with Crippen LogP contribution in [0.3, 0.4) is 0 Å². The Hall–Kier alpha value is -1.83. The summed E-state index contributed by atoms with van der Waals surface area (Å²) in [4.78, 5) is 20.2. The fourth-order valence-electron chi connectivity index (χ4n) is 1.01. The number of nitriles is 1. The van der Waals surface area contributed by atoms with E-state index in [0.29, 0.717) is 0 Å². The lowest BCUT2D eigenvalue weighted by atomic mass is 10.4. The molecule has 0 aliphatic carbocycles. The second-order valence-electron chi connectivity index (χ2n) is 3.10. The Morgan fingerprint density at radius 2 is 1.88 bits per heavy atom. The zero-order valence-corrected chi connectivity index (χ0v) is 10.0. The predicted molar refractivity (Wildman–Crippen MR) is 62.8 cm³/mol. The Kier molecular flexibility index (Phi) is 5.97. The van der Waals surface area contributed by atoms with E-state index in [4.69, 9.17) is 10.4 Å². The second kappa shape index (κ2) is 6.69. The number of carboxylic acid groups (broad SMARTS) is 1. The van der Waals surface area contributed by atoms with Crippen molar-refractivity contribution in [2.75, 3.05) is 0 Å². The fraction of sp³-hybridized carbons (Fsp3) is 0.200. The van der Waals surface area contributed by atoms with Gasteiger partial charge in [-0.3, -0.25) is 9.36 Å². The minimum absolute atomic E-state index is 0.176. The maximum absolute atomic E-state index is 11.7. The molecule has 2 atom stereocenters. The zero-order chi connectivity index (χ0) is 13.5. The SMILES string of the molecule is CC(C(=O)O)P(=O)(O)c1ccccc1.N#CN. The number of aliphatic carboxylic acids is 1. The van der Waals surface area contributed by atoms with Crippen molar-refractivity contribution < 1.29 is 19.4 Å². The van der Waals surface area contributed by atoms with Gasteiger partial charge in [-0.1, -0.05) is 18.2 Å². The summed E-state index contributed by atoms with van der Waals surface area (Å²) in [6.07, 6.45) is 1.25. The van der Waals surface area contributed by atoms with Gasteiger partial charge in [-0.2, -0.15) is 5.26 Å². The van der Waals surface area contributed by atoms with Crippen LogP contribution >= 0.6 is 7.37 Å². The maximum atomic E-state index is 11.7. The Labute approximate surface area is 98.8 Å². The highest BCUT2D eigenvalue weighted by Crippen LogP contribution is 2.44. The summed E-state index contributed by atoms with van der Waals surface area (Å²) in [6.45, 7) is 1.23. The highest BCUT2D eigenvalue weighted by molar-refractivity contribution is 7.67. The first-order valence-electron chi connectivity index (χ1n) is 4.58. The van der Waals surface area contributed by atoms with Crippen LogP contribution in [0.5, 0.6) is 0 Å². The monoisotopic (exact) mass is 256 g/mol. The molecule has 0 spiro atoms. The third-order valence-electron chi connectivity index (χ3n) is 2.01. The third-order valence-corrected chi connectivity index (χ3v) is 4.32. The molecule has 2 unspecified atom stereocenters. The number of nitrogens with zero attached hydrogens (tertiary/aromatic N) is 1. The van der Waals surface area contributed by atoms with Gasteiger partial charge < -0.3 is 15.7 Å². The maximum Gasteiger partial charge on any atom is 0.316 e. The number of rotatable bonds is 3. The molecule has 4 N–H and O–H groups in total. The van der Waals surface area contributed by atoms with E-state index in [1.54, 1.807) is 18.2 Å². The molecule has 0 saturated heterocycles. The molecule has 6 nitrogen and oxygen atoms in total. The number of nitrogens with two attached hydrogens (primary N) is 1. The molecule has 0 heterocycles. The Balaban J connectivity index is 0.000000770. The van der Waals surface area contributed by atoms with Gasteiger partial charge in [-0.15, -0.1) is 0 Å². The molecule has 7 heteroatoms. The molecule has 1 aromatic rings. The summed E-state index contributed by atoms with van der Waals surface area (Å²) in [6, 6.07) is 7.83. The molecular weight excluding hydrogens is 243 g/mol. The van der Waals surface area contributed by atoms with E-state index in [2.05, 4.69) is 5.73 Å². The van der Waals surface area contributed by atoms with Crippen molar-refractivity contribution in [2.45, 2.75) is 12.6 Å². The van der Waals surface area contributed by atoms with E-state index in [0.717, 1.165) is 0 Å². The highest BCUT2D eigenvalue weighted by atomic mass is 31.2. The quantitative estimate of drug-likeness (QED) is 0.410. The average molecular weight is 256 g/mol. The molecule has 0 bridgehead atoms. The van der Waals surface area contributed by atoms with Crippen LogP contribution in [0.25, 0.3) is 0 Å². The van der Waals surface area contributed by atoms with Crippen molar-refractivity contribution >= 4 is 18.6 Å². The molecule has 0 amide bonds. The molecular formula is C10H13N2O4P. The summed E-state index contributed by atoms with van der Waals surface area (Å²) >= 11 is 0. The lowest BCUT2D eigenvalue weighted by molar-refractivity contribution is -0.136. The van der Waals surface area contributed by atoms with Crippen LogP contribution in [-0.2, 0) is 9.36 Å². The molecule has 1 aromatic carbocycles. The normalized spacial score (nSPS) is 14.4. The van der Waals surface area contributed by atoms with Gasteiger partial charge in [0, 0.05) is 5.30 Å². The molecule has 0 aromatic heterocycles. The van der Waals surface area contributed by atoms with Gasteiger partial charge in [0.05, 0.1) is 0 Å². The van der Waals surface area contributed by atoms with E-state index in [1.807, 2.05) is 0 Å². The van der Waals surface area contributed by atoms with Crippen molar-refractivity contribution in [3.05, 3.63) is 30.3 Å². The minimum atomic E-state index is -3.79. The largest absolute Gasteiger partial charge is 0.481 e. The predicted octanol–water partition coefficient (Wildman–Crippen LogP) is 0.482. The molecule has 0 saturated carbocycles. The zero-order valence-electron chi connectivity index (χ0n) is 9.15. The van der Waals surface area contributed by atoms with E-state index < -0.39 is 19.0 Å². The Bertz CT molecular complexity index is 455. The van der Waals surface area contributed by atoms with Gasteiger partial charge in [-0.05, 0) is 19.1 Å². The van der Waals surface area contributed by atoms with Gasteiger partial charge in [0.2, 0.25) is 7.37 Å². The number of hydrogen-bond donors (Lipinski definition) is 3. The molecule has 17 heavy (non-hydrogen) atoms. The number of benzene rings is 1. The topological polar surface area (TPSA) is 124 Å². The lowest BCUT2D eigenvalue weighted by Gasteiger charge is -2.15. The average Bonchev–Trinajstić information content (AvgIpc) is 2.30. The van der Waals surface area contributed by atoms with Gasteiger partial charge in [0.25, 0.3) is 0 Å². The number of carboxylic acids is 1. The highest BCUT2D eigenvalue weighted by Gasteiger charge is 2.34. The Morgan fingerprint density at radius 1 is 1.47 bits per heavy atom. The first-order valence-corrected chi connectivity index (χ1v) is 6.31. The van der Waals surface area contributed by atoms with E-state index in [-0.39, 0.29) is 5.30 Å². The second-order valence-corrected chi connectivity index (χ2v) is 5.64. The molecule has 0 aliphatic rings. The fourth-order valence-corrected chi connectivity index (χ4v) is 2.36. The van der Waals surface area contributed by atoms with Crippen LogP contribution in [0.15, 0.2) is 30.3 Å². The van der Waals surface area contributed by atoms with Crippen LogP contribution in [0.1, 0.15) is 6.92 Å². The molecule has 1 rings (SSSR count). The molecule has 0 fully saturated rings. The van der Waals surface area contributed by atoms with Crippen molar-refractivity contribution in [3.8, 4) is 6.19 Å². The van der Waals surface area contributed by atoms with Crippen molar-refractivity contribution in [1.82, 2.24) is 0 Å². The van der Waals surface area contributed by atoms with E-state index >= 15 is 0 Å². The smallest absolute Gasteiger partial charge is 0.316 e. The molecule has 92 valence electrons. The number of hydrogen-bond acceptors (Lipinski definition) is 4. The third kappa shape index (κ3) is 4.27. The van der Waals surface area contributed by atoms with Crippen molar-refractivity contribution in [1.29, 1.82) is 5.26 Å². The summed E-state index contributed by atoms with van der Waals surface area (Å²) < 4.78 is 11.7. The van der Waals surface area contributed by atoms with Gasteiger partial charge in [0.15, 0.2) is 6.19 Å². The van der Waals surface area contributed by atoms with Crippen LogP contribution in [0.4, 0.5) is 0 Å². The van der Waals surface area contributed by atoms with E-state index in [9.17, 15) is 14.3 Å². The first-order chi connectivity index (χ1) is 7.87. The minimum Gasteiger partial charge on any atom is -0.481 e. The van der Waals surface area contributed by atoms with Crippen LogP contribution < -0.4 is 11.0 Å². The summed E-state index contributed by atoms with van der Waals surface area (Å²) in [5, 5.41) is 15.9. The van der Waals surface area contributed by atoms with Crippen LogP contribution in [0.2, 0.25) is 0 Å². The first kappa shape index (κ1) is 15.2. The summed E-state index contributed by atoms with van der Waals surface area (Å²) in [5.41, 5.74) is 2.88. The van der Waals surface area contributed by atoms with Crippen molar-refractivity contribution in [3.63, 3.8) is 0 Å². The summed E-state index contributed by atoms with van der Waals surface area (Å²) in [5.74, 6) is -1.26. The lowest BCUT2D eigenvalue weighted by Crippen LogP contribution is -2.22. The van der Waals surface area contributed by atoms with Crippen molar-refractivity contribution in [2.24, 2.45) is 5.73 Å². The Morgan fingerprint density at radius 3 is 2.24 bits per heavy atom. The van der Waals surface area contributed by atoms with E-state index in [1.165, 1.54) is 25.2 Å². The van der Waals surface area contributed by atoms with Crippen LogP contribution in [0, 0.1) is 11.5 Å². The van der Waals surface area contributed by atoms with Gasteiger partial charge in [0.1, 0.15) is 5.66 Å². The van der Waals surface area contributed by atoms with Crippen LogP contribution in [-0.4, -0.2) is 21.6 Å².